The third kappa shape index (κ3) is 3.73. The normalized spacial score (nSPS) is 24.1. The zero-order chi connectivity index (χ0) is 14.5. The number of hydrogen-bond acceptors (Lipinski definition) is 3. The molecule has 1 unspecified atom stereocenters. The molecule has 20 heavy (non-hydrogen) atoms. The topological polar surface area (TPSA) is 58.6 Å². The van der Waals surface area contributed by atoms with Gasteiger partial charge in [0, 0.05) is 18.8 Å². The predicted molar refractivity (Wildman–Crippen MR) is 78.9 cm³/mol. The molecule has 0 aromatic heterocycles. The predicted octanol–water partition coefficient (Wildman–Crippen LogP) is 3.45. The second-order valence-corrected chi connectivity index (χ2v) is 5.53. The molecule has 1 aromatic rings. The first-order chi connectivity index (χ1) is 9.60. The number of nitrogens with one attached hydrogen (secondary N) is 1. The molecule has 1 aromatic carbocycles. The summed E-state index contributed by atoms with van der Waals surface area (Å²) in [6.45, 7) is 2.02. The molecule has 0 aliphatic heterocycles. The second-order valence-electron chi connectivity index (χ2n) is 5.53. The molecule has 0 radical (unpaired) electrons. The second kappa shape index (κ2) is 6.75. The third-order valence-electron chi connectivity index (χ3n) is 4.16. The van der Waals surface area contributed by atoms with Crippen molar-refractivity contribution in [2.45, 2.75) is 44.8 Å². The number of carboxylic acid groups (broad SMARTS) is 1. The Balaban J connectivity index is 1.93. The molecule has 1 atom stereocenters. The Hall–Kier alpha value is -1.55. The number of rotatable bonds is 5. The van der Waals surface area contributed by atoms with Gasteiger partial charge in [0.05, 0.1) is 12.0 Å². The van der Waals surface area contributed by atoms with Crippen molar-refractivity contribution < 1.29 is 14.6 Å². The Labute approximate surface area is 120 Å². The fraction of sp³-hybridized carbons (Fsp3) is 0.562. The molecule has 0 heterocycles. The Morgan fingerprint density at radius 1 is 1.35 bits per heavy atom. The number of carboxylic acids is 1. The standard InChI is InChI=1S/C16H23NO3/c1-11(20-2)13-4-3-5-15(10-13)17-14-8-6-12(7-9-14)16(18)19/h3-5,10-12,14,17H,6-9H2,1-2H3,(H,18,19). The molecule has 0 spiro atoms. The van der Waals surface area contributed by atoms with Gasteiger partial charge in [-0.3, -0.25) is 4.79 Å². The van der Waals surface area contributed by atoms with Crippen LogP contribution in [0.4, 0.5) is 5.69 Å². The van der Waals surface area contributed by atoms with Gasteiger partial charge >= 0.3 is 5.97 Å². The average Bonchev–Trinajstić information content (AvgIpc) is 2.47. The molecule has 1 aliphatic carbocycles. The Morgan fingerprint density at radius 3 is 2.65 bits per heavy atom. The minimum absolute atomic E-state index is 0.0829. The maximum atomic E-state index is 10.9. The van der Waals surface area contributed by atoms with E-state index >= 15 is 0 Å². The average molecular weight is 277 g/mol. The molecular weight excluding hydrogens is 254 g/mol. The molecule has 2 N–H and O–H groups in total. The van der Waals surface area contributed by atoms with Crippen molar-refractivity contribution in [2.24, 2.45) is 5.92 Å². The van der Waals surface area contributed by atoms with E-state index in [2.05, 4.69) is 23.5 Å². The highest BCUT2D eigenvalue weighted by Gasteiger charge is 2.25. The molecule has 1 saturated carbocycles. The molecule has 110 valence electrons. The van der Waals surface area contributed by atoms with E-state index in [0.29, 0.717) is 6.04 Å². The monoisotopic (exact) mass is 277 g/mol. The van der Waals surface area contributed by atoms with E-state index in [9.17, 15) is 4.79 Å². The lowest BCUT2D eigenvalue weighted by Crippen LogP contribution is -2.29. The summed E-state index contributed by atoms with van der Waals surface area (Å²) >= 11 is 0. The first-order valence-electron chi connectivity index (χ1n) is 7.22. The van der Waals surface area contributed by atoms with Crippen molar-refractivity contribution in [2.75, 3.05) is 12.4 Å². The lowest BCUT2D eigenvalue weighted by atomic mass is 9.86. The van der Waals surface area contributed by atoms with Gasteiger partial charge in [0.25, 0.3) is 0 Å². The van der Waals surface area contributed by atoms with Crippen molar-refractivity contribution in [3.05, 3.63) is 29.8 Å². The summed E-state index contributed by atoms with van der Waals surface area (Å²) in [4.78, 5) is 10.9. The maximum Gasteiger partial charge on any atom is 0.306 e. The number of anilines is 1. The van der Waals surface area contributed by atoms with E-state index in [-0.39, 0.29) is 12.0 Å². The Kier molecular flexibility index (Phi) is 5.01. The number of benzene rings is 1. The van der Waals surface area contributed by atoms with Crippen LogP contribution in [-0.4, -0.2) is 24.2 Å². The zero-order valence-corrected chi connectivity index (χ0v) is 12.1. The molecule has 0 bridgehead atoms. The van der Waals surface area contributed by atoms with Gasteiger partial charge in [-0.2, -0.15) is 0 Å². The van der Waals surface area contributed by atoms with Crippen LogP contribution in [0.2, 0.25) is 0 Å². The first-order valence-corrected chi connectivity index (χ1v) is 7.22. The summed E-state index contributed by atoms with van der Waals surface area (Å²) in [6, 6.07) is 8.61. The van der Waals surface area contributed by atoms with Gasteiger partial charge in [0.2, 0.25) is 0 Å². The fourth-order valence-electron chi connectivity index (χ4n) is 2.74. The van der Waals surface area contributed by atoms with E-state index in [1.54, 1.807) is 7.11 Å². The van der Waals surface area contributed by atoms with Crippen molar-refractivity contribution in [3.8, 4) is 0 Å². The highest BCUT2D eigenvalue weighted by Crippen LogP contribution is 2.27. The van der Waals surface area contributed by atoms with Crippen molar-refractivity contribution >= 4 is 11.7 Å². The number of aliphatic carboxylic acids is 1. The molecule has 2 rings (SSSR count). The number of ether oxygens (including phenoxy) is 1. The van der Waals surface area contributed by atoms with Crippen LogP contribution in [0.3, 0.4) is 0 Å². The quantitative estimate of drug-likeness (QED) is 0.865. The van der Waals surface area contributed by atoms with Crippen LogP contribution in [0.15, 0.2) is 24.3 Å². The van der Waals surface area contributed by atoms with Crippen LogP contribution >= 0.6 is 0 Å². The first kappa shape index (κ1) is 14.9. The Morgan fingerprint density at radius 2 is 2.05 bits per heavy atom. The maximum absolute atomic E-state index is 10.9. The summed E-state index contributed by atoms with van der Waals surface area (Å²) in [6.07, 6.45) is 3.45. The highest BCUT2D eigenvalue weighted by atomic mass is 16.5. The third-order valence-corrected chi connectivity index (χ3v) is 4.16. The van der Waals surface area contributed by atoms with Crippen LogP contribution in [0.5, 0.6) is 0 Å². The van der Waals surface area contributed by atoms with E-state index in [1.165, 1.54) is 0 Å². The minimum atomic E-state index is -0.653. The van der Waals surface area contributed by atoms with Gasteiger partial charge in [-0.1, -0.05) is 12.1 Å². The molecular formula is C16H23NO3. The van der Waals surface area contributed by atoms with Crippen molar-refractivity contribution in [3.63, 3.8) is 0 Å². The smallest absolute Gasteiger partial charge is 0.306 e. The van der Waals surface area contributed by atoms with Gasteiger partial charge in [-0.05, 0) is 50.3 Å². The van der Waals surface area contributed by atoms with E-state index < -0.39 is 5.97 Å². The lowest BCUT2D eigenvalue weighted by molar-refractivity contribution is -0.142. The van der Waals surface area contributed by atoms with Gasteiger partial charge < -0.3 is 15.2 Å². The summed E-state index contributed by atoms with van der Waals surface area (Å²) in [7, 11) is 1.71. The van der Waals surface area contributed by atoms with Crippen LogP contribution < -0.4 is 5.32 Å². The van der Waals surface area contributed by atoms with Crippen LogP contribution in [-0.2, 0) is 9.53 Å². The van der Waals surface area contributed by atoms with Gasteiger partial charge in [-0.15, -0.1) is 0 Å². The van der Waals surface area contributed by atoms with Crippen molar-refractivity contribution in [1.82, 2.24) is 0 Å². The van der Waals surface area contributed by atoms with Gasteiger partial charge in [-0.25, -0.2) is 0 Å². The number of methoxy groups -OCH3 is 1. The van der Waals surface area contributed by atoms with Crippen LogP contribution in [0.1, 0.15) is 44.3 Å². The largest absolute Gasteiger partial charge is 0.481 e. The van der Waals surface area contributed by atoms with Crippen LogP contribution in [0, 0.1) is 5.92 Å². The summed E-state index contributed by atoms with van der Waals surface area (Å²) < 4.78 is 5.33. The van der Waals surface area contributed by atoms with E-state index in [1.807, 2.05) is 13.0 Å². The minimum Gasteiger partial charge on any atom is -0.481 e. The molecule has 0 amide bonds. The fourth-order valence-corrected chi connectivity index (χ4v) is 2.74. The molecule has 4 nitrogen and oxygen atoms in total. The summed E-state index contributed by atoms with van der Waals surface area (Å²) in [5.74, 6) is -0.813. The van der Waals surface area contributed by atoms with Crippen LogP contribution in [0.25, 0.3) is 0 Å². The van der Waals surface area contributed by atoms with E-state index in [4.69, 9.17) is 9.84 Å². The zero-order valence-electron chi connectivity index (χ0n) is 12.1. The SMILES string of the molecule is COC(C)c1cccc(NC2CCC(C(=O)O)CC2)c1. The van der Waals surface area contributed by atoms with Crippen molar-refractivity contribution in [1.29, 1.82) is 0 Å². The molecule has 1 fully saturated rings. The molecule has 0 saturated heterocycles. The number of hydrogen-bond donors (Lipinski definition) is 2. The summed E-state index contributed by atoms with van der Waals surface area (Å²) in [5, 5.41) is 12.5. The molecule has 1 aliphatic rings. The van der Waals surface area contributed by atoms with Gasteiger partial charge in [0.1, 0.15) is 0 Å². The number of carbonyl (C=O) groups is 1. The molecule has 4 heteroatoms. The van der Waals surface area contributed by atoms with E-state index in [0.717, 1.165) is 36.9 Å². The Bertz CT molecular complexity index is 453. The summed E-state index contributed by atoms with van der Waals surface area (Å²) in [5.41, 5.74) is 2.24. The van der Waals surface area contributed by atoms with Gasteiger partial charge in [0.15, 0.2) is 0 Å². The lowest BCUT2D eigenvalue weighted by Gasteiger charge is -2.28. The highest BCUT2D eigenvalue weighted by molar-refractivity contribution is 5.70.